The third-order valence-corrected chi connectivity index (χ3v) is 3.37. The molecule has 18 heavy (non-hydrogen) atoms. The van der Waals surface area contributed by atoms with Crippen LogP contribution in [-0.2, 0) is 11.2 Å². The highest BCUT2D eigenvalue weighted by Crippen LogP contribution is 2.31. The summed E-state index contributed by atoms with van der Waals surface area (Å²) in [5.41, 5.74) is 3.79. The molecule has 1 atom stereocenters. The Morgan fingerprint density at radius 2 is 2.11 bits per heavy atom. The van der Waals surface area contributed by atoms with Gasteiger partial charge in [0.15, 0.2) is 0 Å². The van der Waals surface area contributed by atoms with Gasteiger partial charge in [-0.25, -0.2) is 0 Å². The van der Waals surface area contributed by atoms with E-state index in [1.54, 1.807) is 0 Å². The number of hydroxylamine groups is 1. The van der Waals surface area contributed by atoms with Gasteiger partial charge in [0.2, 0.25) is 0 Å². The Hall–Kier alpha value is -1.39. The molecule has 1 aliphatic rings. The molecule has 0 unspecified atom stereocenters. The molecule has 4 nitrogen and oxygen atoms in total. The van der Waals surface area contributed by atoms with Crippen LogP contribution < -0.4 is 5.48 Å². The molecule has 1 fully saturated rings. The summed E-state index contributed by atoms with van der Waals surface area (Å²) < 4.78 is 5.73. The number of amidine groups is 1. The molecule has 0 spiro atoms. The van der Waals surface area contributed by atoms with Gasteiger partial charge >= 0.3 is 0 Å². The topological polar surface area (TPSA) is 65.3 Å². The lowest BCUT2D eigenvalue weighted by Gasteiger charge is -2.15. The van der Waals surface area contributed by atoms with Crippen LogP contribution in [0.25, 0.3) is 0 Å². The first-order valence-electron chi connectivity index (χ1n) is 6.22. The average molecular weight is 248 g/mol. The molecule has 3 N–H and O–H groups in total. The monoisotopic (exact) mass is 248 g/mol. The number of hydrogen-bond donors (Lipinski definition) is 3. The maximum absolute atomic E-state index is 8.65. The van der Waals surface area contributed by atoms with E-state index in [0.29, 0.717) is 11.5 Å². The van der Waals surface area contributed by atoms with Crippen LogP contribution in [0, 0.1) is 11.3 Å². The van der Waals surface area contributed by atoms with Crippen LogP contribution in [0.15, 0.2) is 24.3 Å². The predicted molar refractivity (Wildman–Crippen MR) is 70.0 cm³/mol. The molecule has 2 rings (SSSR count). The number of rotatable bonds is 3. The van der Waals surface area contributed by atoms with Gasteiger partial charge in [0.25, 0.3) is 0 Å². The van der Waals surface area contributed by atoms with Gasteiger partial charge in [-0.05, 0) is 38.2 Å². The summed E-state index contributed by atoms with van der Waals surface area (Å²) in [5.74, 6) is 0.591. The van der Waals surface area contributed by atoms with Crippen molar-refractivity contribution in [3.8, 4) is 0 Å². The minimum atomic E-state index is 0.00748. The van der Waals surface area contributed by atoms with E-state index in [2.05, 4.69) is 13.8 Å². The van der Waals surface area contributed by atoms with E-state index in [1.165, 1.54) is 5.56 Å². The van der Waals surface area contributed by atoms with Crippen LogP contribution in [0.2, 0.25) is 0 Å². The summed E-state index contributed by atoms with van der Waals surface area (Å²) >= 11 is 0. The lowest BCUT2D eigenvalue weighted by Crippen LogP contribution is -2.18. The minimum absolute atomic E-state index is 0.00748. The number of nitrogens with one attached hydrogen (secondary N) is 2. The molecule has 0 radical (unpaired) electrons. The fourth-order valence-corrected chi connectivity index (χ4v) is 2.49. The Morgan fingerprint density at radius 3 is 2.61 bits per heavy atom. The van der Waals surface area contributed by atoms with Gasteiger partial charge in [0.05, 0.1) is 12.2 Å². The van der Waals surface area contributed by atoms with E-state index < -0.39 is 0 Å². The molecular weight excluding hydrogens is 228 g/mol. The normalized spacial score (nSPS) is 21.8. The van der Waals surface area contributed by atoms with E-state index in [4.69, 9.17) is 15.4 Å². The Kier molecular flexibility index (Phi) is 3.68. The van der Waals surface area contributed by atoms with Crippen molar-refractivity contribution in [1.29, 1.82) is 5.41 Å². The first-order valence-corrected chi connectivity index (χ1v) is 6.22. The Balaban J connectivity index is 1.97. The number of benzene rings is 1. The van der Waals surface area contributed by atoms with E-state index >= 15 is 0 Å². The zero-order valence-corrected chi connectivity index (χ0v) is 10.9. The fourth-order valence-electron chi connectivity index (χ4n) is 2.49. The molecular formula is C14H20N2O2. The van der Waals surface area contributed by atoms with Crippen molar-refractivity contribution in [3.63, 3.8) is 0 Å². The van der Waals surface area contributed by atoms with Crippen LogP contribution in [0.4, 0.5) is 0 Å². The van der Waals surface area contributed by atoms with E-state index in [-0.39, 0.29) is 11.4 Å². The standard InChI is InChI=1S/C14H20N2O2/c1-14(2)8-11(9-18-14)7-10-3-5-12(6-4-10)13(15)16-17/h3-6,11,17H,7-9H2,1-2H3,(H2,15,16)/t11-/m1/s1. The lowest BCUT2D eigenvalue weighted by molar-refractivity contribution is 0.0350. The zero-order chi connectivity index (χ0) is 13.2. The summed E-state index contributed by atoms with van der Waals surface area (Å²) in [6.07, 6.45) is 2.09. The lowest BCUT2D eigenvalue weighted by atomic mass is 9.92. The van der Waals surface area contributed by atoms with Crippen LogP contribution in [0.1, 0.15) is 31.4 Å². The van der Waals surface area contributed by atoms with Gasteiger partial charge in [-0.15, -0.1) is 0 Å². The van der Waals surface area contributed by atoms with E-state index in [0.717, 1.165) is 19.4 Å². The molecule has 1 aromatic rings. The number of ether oxygens (including phenoxy) is 1. The first-order chi connectivity index (χ1) is 8.50. The number of hydrogen-bond acceptors (Lipinski definition) is 3. The van der Waals surface area contributed by atoms with Crippen molar-refractivity contribution in [2.45, 2.75) is 32.3 Å². The molecule has 0 aromatic heterocycles. The van der Waals surface area contributed by atoms with Crippen molar-refractivity contribution in [2.75, 3.05) is 6.61 Å². The third-order valence-electron chi connectivity index (χ3n) is 3.37. The van der Waals surface area contributed by atoms with Crippen molar-refractivity contribution >= 4 is 5.84 Å². The average Bonchev–Trinajstić information content (AvgIpc) is 2.68. The summed E-state index contributed by atoms with van der Waals surface area (Å²) in [7, 11) is 0. The smallest absolute Gasteiger partial charge is 0.149 e. The van der Waals surface area contributed by atoms with Gasteiger partial charge in [-0.1, -0.05) is 24.3 Å². The van der Waals surface area contributed by atoms with Gasteiger partial charge in [-0.3, -0.25) is 16.1 Å². The van der Waals surface area contributed by atoms with Crippen molar-refractivity contribution in [1.82, 2.24) is 5.48 Å². The van der Waals surface area contributed by atoms with Crippen molar-refractivity contribution < 1.29 is 9.94 Å². The van der Waals surface area contributed by atoms with Crippen LogP contribution in [-0.4, -0.2) is 23.3 Å². The molecule has 0 bridgehead atoms. The second-order valence-electron chi connectivity index (χ2n) is 5.53. The van der Waals surface area contributed by atoms with Gasteiger partial charge in [0, 0.05) is 5.56 Å². The highest BCUT2D eigenvalue weighted by atomic mass is 16.5. The van der Waals surface area contributed by atoms with Gasteiger partial charge in [-0.2, -0.15) is 0 Å². The van der Waals surface area contributed by atoms with Crippen LogP contribution in [0.5, 0.6) is 0 Å². The minimum Gasteiger partial charge on any atom is -0.375 e. The molecule has 1 aromatic carbocycles. The maximum Gasteiger partial charge on any atom is 0.149 e. The summed E-state index contributed by atoms with van der Waals surface area (Å²) in [6, 6.07) is 7.71. The predicted octanol–water partition coefficient (Wildman–Crippen LogP) is 2.35. The fraction of sp³-hybridized carbons (Fsp3) is 0.500. The molecule has 0 aliphatic carbocycles. The van der Waals surface area contributed by atoms with Crippen LogP contribution >= 0.6 is 0 Å². The first kappa shape index (κ1) is 13.1. The highest BCUT2D eigenvalue weighted by Gasteiger charge is 2.31. The molecule has 1 heterocycles. The summed E-state index contributed by atoms with van der Waals surface area (Å²) in [5, 5.41) is 16.1. The van der Waals surface area contributed by atoms with Gasteiger partial charge in [0.1, 0.15) is 5.84 Å². The highest BCUT2D eigenvalue weighted by molar-refractivity contribution is 5.95. The molecule has 98 valence electrons. The Labute approximate surface area is 107 Å². The molecule has 0 saturated carbocycles. The molecule has 1 saturated heterocycles. The summed E-state index contributed by atoms with van der Waals surface area (Å²) in [4.78, 5) is 0. The van der Waals surface area contributed by atoms with Crippen molar-refractivity contribution in [2.24, 2.45) is 5.92 Å². The third kappa shape index (κ3) is 3.09. The van der Waals surface area contributed by atoms with Crippen molar-refractivity contribution in [3.05, 3.63) is 35.4 Å². The largest absolute Gasteiger partial charge is 0.375 e. The summed E-state index contributed by atoms with van der Waals surface area (Å²) in [6.45, 7) is 5.08. The second kappa shape index (κ2) is 5.08. The van der Waals surface area contributed by atoms with E-state index in [1.807, 2.05) is 29.7 Å². The van der Waals surface area contributed by atoms with Crippen LogP contribution in [0.3, 0.4) is 0 Å². The van der Waals surface area contributed by atoms with Gasteiger partial charge < -0.3 is 4.74 Å². The maximum atomic E-state index is 8.65. The quantitative estimate of drug-likeness (QED) is 0.437. The SMILES string of the molecule is CC1(C)C[C@@H](Cc2ccc(C(=N)NO)cc2)CO1. The Bertz CT molecular complexity index is 426. The second-order valence-corrected chi connectivity index (χ2v) is 5.53. The molecule has 4 heteroatoms. The van der Waals surface area contributed by atoms with E-state index in [9.17, 15) is 0 Å². The zero-order valence-electron chi connectivity index (χ0n) is 10.9. The molecule has 0 amide bonds. The Morgan fingerprint density at radius 1 is 1.44 bits per heavy atom. The molecule has 1 aliphatic heterocycles.